The van der Waals surface area contributed by atoms with Gasteiger partial charge in [-0.1, -0.05) is 62.4 Å². The van der Waals surface area contributed by atoms with Crippen LogP contribution in [0.25, 0.3) is 16.8 Å². The lowest BCUT2D eigenvalue weighted by atomic mass is 9.89. The van der Waals surface area contributed by atoms with E-state index in [4.69, 9.17) is 4.98 Å². The number of nitrogens with one attached hydrogen (secondary N) is 3. The van der Waals surface area contributed by atoms with E-state index >= 15 is 0 Å². The van der Waals surface area contributed by atoms with E-state index in [0.29, 0.717) is 0 Å². The molecule has 1 aromatic heterocycles. The standard InChI is InChI=1S/C33H47N5/c1-3-21-38(23-20-36-25-30-14-9-13-29(4-2)37-30)22-19-34-17-10-18-35-26-33-31-15-7-5-11-27(31)24-28-12-6-8-16-32(28)33/h5,7-9,11,13-16,24,34-36H,3-4,6,10,12,17-23,25-26H2,1-2H3. The third-order valence-corrected chi connectivity index (χ3v) is 7.44. The van der Waals surface area contributed by atoms with E-state index in [1.807, 2.05) is 0 Å². The Bertz CT molecular complexity index is 1160. The lowest BCUT2D eigenvalue weighted by Gasteiger charge is -2.22. The molecule has 0 radical (unpaired) electrons. The molecule has 5 heteroatoms. The molecule has 3 N–H and O–H groups in total. The summed E-state index contributed by atoms with van der Waals surface area (Å²) in [5.41, 5.74) is 6.71. The molecule has 0 saturated heterocycles. The van der Waals surface area contributed by atoms with Gasteiger partial charge in [-0.15, -0.1) is 0 Å². The summed E-state index contributed by atoms with van der Waals surface area (Å²) in [6, 6.07) is 17.6. The molecule has 1 aliphatic rings. The van der Waals surface area contributed by atoms with Crippen LogP contribution in [0.3, 0.4) is 0 Å². The fourth-order valence-corrected chi connectivity index (χ4v) is 5.39. The molecule has 0 amide bonds. The highest BCUT2D eigenvalue weighted by Crippen LogP contribution is 2.30. The van der Waals surface area contributed by atoms with Crippen LogP contribution in [0.4, 0.5) is 0 Å². The van der Waals surface area contributed by atoms with Crippen LogP contribution >= 0.6 is 0 Å². The number of hydrogen-bond donors (Lipinski definition) is 3. The summed E-state index contributed by atoms with van der Waals surface area (Å²) >= 11 is 0. The number of nitrogens with zero attached hydrogens (tertiary/aromatic N) is 2. The SMILES string of the molecule is CCCN(CCNCCCNCc1c2c(cc3ccccc13)CCC=C2)CCNCc1cccc(CC)n1. The van der Waals surface area contributed by atoms with Gasteiger partial charge in [0.2, 0.25) is 0 Å². The van der Waals surface area contributed by atoms with E-state index in [0.717, 1.165) is 90.3 Å². The quantitative estimate of drug-likeness (QED) is 0.213. The molecule has 0 saturated carbocycles. The predicted octanol–water partition coefficient (Wildman–Crippen LogP) is 5.33. The van der Waals surface area contributed by atoms with Crippen LogP contribution in [-0.2, 0) is 25.9 Å². The Morgan fingerprint density at radius 2 is 1.61 bits per heavy atom. The first-order valence-electron chi connectivity index (χ1n) is 14.8. The molecule has 0 aliphatic heterocycles. The van der Waals surface area contributed by atoms with Gasteiger partial charge < -0.3 is 20.9 Å². The normalized spacial score (nSPS) is 12.9. The van der Waals surface area contributed by atoms with Crippen molar-refractivity contribution in [3.8, 4) is 0 Å². The van der Waals surface area contributed by atoms with Crippen molar-refractivity contribution in [2.45, 2.75) is 59.0 Å². The van der Waals surface area contributed by atoms with Crippen LogP contribution in [0, 0.1) is 0 Å². The first kappa shape index (κ1) is 28.4. The Morgan fingerprint density at radius 1 is 0.816 bits per heavy atom. The van der Waals surface area contributed by atoms with Crippen molar-refractivity contribution in [3.63, 3.8) is 0 Å². The number of fused-ring (bicyclic) bond motifs is 2. The van der Waals surface area contributed by atoms with E-state index < -0.39 is 0 Å². The molecule has 1 heterocycles. The Balaban J connectivity index is 1.11. The fraction of sp³-hybridized carbons (Fsp3) is 0.485. The highest BCUT2D eigenvalue weighted by atomic mass is 15.1. The van der Waals surface area contributed by atoms with Crippen LogP contribution in [0.2, 0.25) is 0 Å². The van der Waals surface area contributed by atoms with Crippen LogP contribution in [-0.4, -0.2) is 55.7 Å². The molecule has 1 aliphatic carbocycles. The van der Waals surface area contributed by atoms with E-state index in [1.54, 1.807) is 0 Å². The average molecular weight is 514 g/mol. The third kappa shape index (κ3) is 8.47. The van der Waals surface area contributed by atoms with Gasteiger partial charge >= 0.3 is 0 Å². The second kappa shape index (κ2) is 15.7. The van der Waals surface area contributed by atoms with Crippen molar-refractivity contribution in [1.29, 1.82) is 0 Å². The van der Waals surface area contributed by atoms with Crippen molar-refractivity contribution in [2.24, 2.45) is 0 Å². The zero-order valence-corrected chi connectivity index (χ0v) is 23.6. The molecule has 0 bridgehead atoms. The van der Waals surface area contributed by atoms with Crippen LogP contribution < -0.4 is 16.0 Å². The van der Waals surface area contributed by atoms with Gasteiger partial charge in [-0.2, -0.15) is 0 Å². The molecule has 0 spiro atoms. The second-order valence-electron chi connectivity index (χ2n) is 10.4. The first-order valence-corrected chi connectivity index (χ1v) is 14.8. The molecule has 3 aromatic rings. The largest absolute Gasteiger partial charge is 0.315 e. The van der Waals surface area contributed by atoms with Crippen molar-refractivity contribution in [1.82, 2.24) is 25.8 Å². The molecule has 0 atom stereocenters. The number of aryl methyl sites for hydroxylation is 2. The molecular weight excluding hydrogens is 466 g/mol. The van der Waals surface area contributed by atoms with Gasteiger partial charge in [-0.05, 0) is 91.3 Å². The first-order chi connectivity index (χ1) is 18.8. The molecule has 4 rings (SSSR count). The highest BCUT2D eigenvalue weighted by Gasteiger charge is 2.13. The van der Waals surface area contributed by atoms with Crippen molar-refractivity contribution < 1.29 is 0 Å². The summed E-state index contributed by atoms with van der Waals surface area (Å²) < 4.78 is 0. The van der Waals surface area contributed by atoms with Crippen molar-refractivity contribution in [2.75, 3.05) is 45.8 Å². The van der Waals surface area contributed by atoms with Crippen LogP contribution in [0.1, 0.15) is 61.2 Å². The van der Waals surface area contributed by atoms with E-state index in [2.05, 4.69) is 95.4 Å². The molecular formula is C33H47N5. The van der Waals surface area contributed by atoms with Crippen LogP contribution in [0.5, 0.6) is 0 Å². The average Bonchev–Trinajstić information content (AvgIpc) is 2.96. The Morgan fingerprint density at radius 3 is 2.47 bits per heavy atom. The van der Waals surface area contributed by atoms with E-state index in [1.165, 1.54) is 39.6 Å². The molecule has 204 valence electrons. The summed E-state index contributed by atoms with van der Waals surface area (Å²) in [5.74, 6) is 0. The maximum absolute atomic E-state index is 4.69. The van der Waals surface area contributed by atoms with E-state index in [9.17, 15) is 0 Å². The Kier molecular flexibility index (Phi) is 11.8. The molecule has 5 nitrogen and oxygen atoms in total. The molecule has 0 unspecified atom stereocenters. The number of allylic oxidation sites excluding steroid dienone is 1. The Hall–Kier alpha value is -2.57. The molecule has 2 aromatic carbocycles. The van der Waals surface area contributed by atoms with Gasteiger partial charge in [0.1, 0.15) is 0 Å². The number of pyridine rings is 1. The smallest absolute Gasteiger partial charge is 0.0544 e. The lowest BCUT2D eigenvalue weighted by Crippen LogP contribution is -2.37. The monoisotopic (exact) mass is 513 g/mol. The minimum atomic E-state index is 0.844. The zero-order valence-electron chi connectivity index (χ0n) is 23.6. The van der Waals surface area contributed by atoms with Gasteiger partial charge in [0.25, 0.3) is 0 Å². The highest BCUT2D eigenvalue weighted by molar-refractivity contribution is 5.90. The topological polar surface area (TPSA) is 52.2 Å². The second-order valence-corrected chi connectivity index (χ2v) is 10.4. The maximum atomic E-state index is 4.69. The summed E-state index contributed by atoms with van der Waals surface area (Å²) in [6.07, 6.45) is 10.3. The Labute approximate surface area is 230 Å². The maximum Gasteiger partial charge on any atom is 0.0544 e. The van der Waals surface area contributed by atoms with Crippen molar-refractivity contribution in [3.05, 3.63) is 82.7 Å². The van der Waals surface area contributed by atoms with Gasteiger partial charge in [-0.25, -0.2) is 0 Å². The minimum absolute atomic E-state index is 0.844. The lowest BCUT2D eigenvalue weighted by molar-refractivity contribution is 0.272. The van der Waals surface area contributed by atoms with Crippen molar-refractivity contribution >= 4 is 16.8 Å². The minimum Gasteiger partial charge on any atom is -0.315 e. The van der Waals surface area contributed by atoms with Gasteiger partial charge in [0, 0.05) is 45.0 Å². The number of rotatable bonds is 17. The van der Waals surface area contributed by atoms with E-state index in [-0.39, 0.29) is 0 Å². The summed E-state index contributed by atoms with van der Waals surface area (Å²) in [4.78, 5) is 7.25. The van der Waals surface area contributed by atoms with Gasteiger partial charge in [0.05, 0.1) is 5.69 Å². The summed E-state index contributed by atoms with van der Waals surface area (Å²) in [6.45, 7) is 13.7. The van der Waals surface area contributed by atoms with Gasteiger partial charge in [0.15, 0.2) is 0 Å². The summed E-state index contributed by atoms with van der Waals surface area (Å²) in [7, 11) is 0. The molecule has 38 heavy (non-hydrogen) atoms. The zero-order chi connectivity index (χ0) is 26.4. The molecule has 0 fully saturated rings. The van der Waals surface area contributed by atoms with Crippen LogP contribution in [0.15, 0.2) is 54.6 Å². The summed E-state index contributed by atoms with van der Waals surface area (Å²) in [5, 5.41) is 13.7. The van der Waals surface area contributed by atoms with Gasteiger partial charge in [-0.3, -0.25) is 4.98 Å². The third-order valence-electron chi connectivity index (χ3n) is 7.44. The number of hydrogen-bond acceptors (Lipinski definition) is 5. The number of benzene rings is 2. The predicted molar refractivity (Wildman–Crippen MR) is 163 cm³/mol. The fourth-order valence-electron chi connectivity index (χ4n) is 5.39. The number of aromatic nitrogens is 1.